The Kier molecular flexibility index (Phi) is 4.32. The molecule has 0 bridgehead atoms. The number of carboxylic acids is 1. The summed E-state index contributed by atoms with van der Waals surface area (Å²) in [7, 11) is 0. The van der Waals surface area contributed by atoms with Gasteiger partial charge in [0.25, 0.3) is 5.91 Å². The van der Waals surface area contributed by atoms with Crippen molar-refractivity contribution in [2.75, 3.05) is 13.1 Å². The molecule has 6 heteroatoms. The van der Waals surface area contributed by atoms with Crippen LogP contribution in [-0.2, 0) is 4.79 Å². The molecule has 0 aliphatic carbocycles. The monoisotopic (exact) mass is 364 g/mol. The largest absolute Gasteiger partial charge is 0.481 e. The van der Waals surface area contributed by atoms with E-state index in [9.17, 15) is 19.1 Å². The summed E-state index contributed by atoms with van der Waals surface area (Å²) >= 11 is 0. The first-order valence-corrected chi connectivity index (χ1v) is 8.66. The Labute approximate surface area is 155 Å². The number of hydrogen-bond acceptors (Lipinski definition) is 3. The molecule has 1 saturated heterocycles. The molecule has 0 unspecified atom stereocenters. The van der Waals surface area contributed by atoms with Gasteiger partial charge in [-0.3, -0.25) is 14.6 Å². The standard InChI is InChI=1S/C21H17FN2O3/c22-15-8-6-13(7-9-15)17-11-24(12-18(17)21(26)27)20(25)16-5-1-3-14-4-2-10-23-19(14)16/h1-10,17-18H,11-12H2,(H,26,27)/t17-,18+/m0/s1. The minimum absolute atomic E-state index is 0.111. The predicted molar refractivity (Wildman–Crippen MR) is 97.9 cm³/mol. The van der Waals surface area contributed by atoms with Crippen LogP contribution in [0, 0.1) is 11.7 Å². The molecule has 4 rings (SSSR count). The number of benzene rings is 2. The SMILES string of the molecule is O=C(O)[C@@H]1CN(C(=O)c2cccc3cccnc23)C[C@H]1c1ccc(F)cc1. The molecule has 1 amide bonds. The number of fused-ring (bicyclic) bond motifs is 1. The number of aliphatic carboxylic acids is 1. The zero-order valence-corrected chi connectivity index (χ0v) is 14.4. The highest BCUT2D eigenvalue weighted by atomic mass is 19.1. The van der Waals surface area contributed by atoms with Gasteiger partial charge in [0, 0.05) is 30.6 Å². The van der Waals surface area contributed by atoms with Crippen molar-refractivity contribution in [3.05, 3.63) is 77.7 Å². The summed E-state index contributed by atoms with van der Waals surface area (Å²) < 4.78 is 13.2. The van der Waals surface area contributed by atoms with Crippen LogP contribution in [0.5, 0.6) is 0 Å². The molecule has 5 nitrogen and oxygen atoms in total. The maximum absolute atomic E-state index is 13.2. The zero-order valence-electron chi connectivity index (χ0n) is 14.4. The number of hydrogen-bond donors (Lipinski definition) is 1. The summed E-state index contributed by atoms with van der Waals surface area (Å²) in [5.74, 6) is -2.69. The number of pyridine rings is 1. The van der Waals surface area contributed by atoms with Gasteiger partial charge >= 0.3 is 5.97 Å². The lowest BCUT2D eigenvalue weighted by Gasteiger charge is -2.17. The average Bonchev–Trinajstić information content (AvgIpc) is 3.13. The van der Waals surface area contributed by atoms with Gasteiger partial charge in [-0.05, 0) is 29.8 Å². The number of nitrogens with zero attached hydrogens (tertiary/aromatic N) is 2. The molecule has 3 aromatic rings. The van der Waals surface area contributed by atoms with Gasteiger partial charge in [-0.25, -0.2) is 4.39 Å². The van der Waals surface area contributed by atoms with Crippen LogP contribution < -0.4 is 0 Å². The van der Waals surface area contributed by atoms with Crippen molar-refractivity contribution in [2.24, 2.45) is 5.92 Å². The van der Waals surface area contributed by atoms with E-state index < -0.39 is 11.9 Å². The third-order valence-corrected chi connectivity index (χ3v) is 5.09. The summed E-state index contributed by atoms with van der Waals surface area (Å²) in [5, 5.41) is 10.5. The van der Waals surface area contributed by atoms with Crippen LogP contribution in [0.15, 0.2) is 60.8 Å². The molecule has 0 radical (unpaired) electrons. The maximum atomic E-state index is 13.2. The summed E-state index contributed by atoms with van der Waals surface area (Å²) in [4.78, 5) is 30.7. The number of aromatic nitrogens is 1. The van der Waals surface area contributed by atoms with E-state index in [1.807, 2.05) is 12.1 Å². The van der Waals surface area contributed by atoms with Crippen LogP contribution in [0.25, 0.3) is 10.9 Å². The van der Waals surface area contributed by atoms with E-state index >= 15 is 0 Å². The van der Waals surface area contributed by atoms with E-state index in [2.05, 4.69) is 4.98 Å². The van der Waals surface area contributed by atoms with Crippen molar-refractivity contribution in [1.29, 1.82) is 0 Å². The molecule has 136 valence electrons. The van der Waals surface area contributed by atoms with Gasteiger partial charge in [-0.2, -0.15) is 0 Å². The third-order valence-electron chi connectivity index (χ3n) is 5.09. The highest BCUT2D eigenvalue weighted by Gasteiger charge is 2.41. The van der Waals surface area contributed by atoms with Crippen molar-refractivity contribution in [2.45, 2.75) is 5.92 Å². The highest BCUT2D eigenvalue weighted by molar-refractivity contribution is 6.05. The molecular weight excluding hydrogens is 347 g/mol. The Morgan fingerprint density at radius 3 is 2.52 bits per heavy atom. The number of likely N-dealkylation sites (tertiary alicyclic amines) is 1. The summed E-state index contributed by atoms with van der Waals surface area (Å²) in [5.41, 5.74) is 1.77. The van der Waals surface area contributed by atoms with E-state index in [1.165, 1.54) is 12.1 Å². The first-order chi connectivity index (χ1) is 13.0. The van der Waals surface area contributed by atoms with E-state index in [0.29, 0.717) is 11.1 Å². The molecule has 1 aliphatic heterocycles. The van der Waals surface area contributed by atoms with Gasteiger partial charge in [0.2, 0.25) is 0 Å². The van der Waals surface area contributed by atoms with Crippen LogP contribution in [0.2, 0.25) is 0 Å². The van der Waals surface area contributed by atoms with Gasteiger partial charge in [-0.15, -0.1) is 0 Å². The topological polar surface area (TPSA) is 70.5 Å². The number of para-hydroxylation sites is 1. The lowest BCUT2D eigenvalue weighted by atomic mass is 9.89. The minimum atomic E-state index is -0.962. The van der Waals surface area contributed by atoms with E-state index in [1.54, 1.807) is 41.4 Å². The molecule has 27 heavy (non-hydrogen) atoms. The van der Waals surface area contributed by atoms with Gasteiger partial charge < -0.3 is 10.0 Å². The van der Waals surface area contributed by atoms with Crippen molar-refractivity contribution >= 4 is 22.8 Å². The molecular formula is C21H17FN2O3. The second-order valence-electron chi connectivity index (χ2n) is 6.69. The van der Waals surface area contributed by atoms with Crippen molar-refractivity contribution in [3.8, 4) is 0 Å². The third kappa shape index (κ3) is 3.14. The normalized spacial score (nSPS) is 19.4. The molecule has 2 aromatic carbocycles. The number of carbonyl (C=O) groups excluding carboxylic acids is 1. The summed E-state index contributed by atoms with van der Waals surface area (Å²) in [6, 6.07) is 14.9. The Balaban J connectivity index is 1.67. The van der Waals surface area contributed by atoms with Crippen molar-refractivity contribution in [1.82, 2.24) is 9.88 Å². The quantitative estimate of drug-likeness (QED) is 0.774. The molecule has 1 aromatic heterocycles. The first-order valence-electron chi connectivity index (χ1n) is 8.66. The Morgan fingerprint density at radius 1 is 1.04 bits per heavy atom. The molecule has 2 atom stereocenters. The van der Waals surface area contributed by atoms with E-state index in [-0.39, 0.29) is 30.7 Å². The van der Waals surface area contributed by atoms with Crippen molar-refractivity contribution < 1.29 is 19.1 Å². The number of halogens is 1. The fraction of sp³-hybridized carbons (Fsp3) is 0.190. The number of carboxylic acid groups (broad SMARTS) is 1. The van der Waals surface area contributed by atoms with Crippen LogP contribution >= 0.6 is 0 Å². The molecule has 1 fully saturated rings. The number of amides is 1. The summed E-state index contributed by atoms with van der Waals surface area (Å²) in [6.07, 6.45) is 1.63. The van der Waals surface area contributed by atoms with Gasteiger partial charge in [0.05, 0.1) is 17.0 Å². The van der Waals surface area contributed by atoms with Gasteiger partial charge in [-0.1, -0.05) is 30.3 Å². The molecule has 0 saturated carbocycles. The Hall–Kier alpha value is -3.28. The van der Waals surface area contributed by atoms with Crippen LogP contribution in [0.3, 0.4) is 0 Å². The molecule has 2 heterocycles. The maximum Gasteiger partial charge on any atom is 0.308 e. The lowest BCUT2D eigenvalue weighted by Crippen LogP contribution is -2.30. The van der Waals surface area contributed by atoms with Crippen LogP contribution in [0.1, 0.15) is 21.8 Å². The number of rotatable bonds is 3. The molecule has 1 N–H and O–H groups in total. The fourth-order valence-corrected chi connectivity index (χ4v) is 3.71. The van der Waals surface area contributed by atoms with Crippen LogP contribution in [-0.4, -0.2) is 40.0 Å². The number of carbonyl (C=O) groups is 2. The van der Waals surface area contributed by atoms with Gasteiger partial charge in [0.15, 0.2) is 0 Å². The summed E-state index contributed by atoms with van der Waals surface area (Å²) in [6.45, 7) is 0.379. The zero-order chi connectivity index (χ0) is 19.0. The second kappa shape index (κ2) is 6.79. The van der Waals surface area contributed by atoms with E-state index in [4.69, 9.17) is 0 Å². The Morgan fingerprint density at radius 2 is 1.78 bits per heavy atom. The predicted octanol–water partition coefficient (Wildman–Crippen LogP) is 3.31. The van der Waals surface area contributed by atoms with Crippen LogP contribution in [0.4, 0.5) is 4.39 Å². The second-order valence-corrected chi connectivity index (χ2v) is 6.69. The first kappa shape index (κ1) is 17.1. The molecule has 1 aliphatic rings. The fourth-order valence-electron chi connectivity index (χ4n) is 3.71. The average molecular weight is 364 g/mol. The van der Waals surface area contributed by atoms with Gasteiger partial charge in [0.1, 0.15) is 5.82 Å². The smallest absolute Gasteiger partial charge is 0.308 e. The lowest BCUT2D eigenvalue weighted by molar-refractivity contribution is -0.141. The van der Waals surface area contributed by atoms with E-state index in [0.717, 1.165) is 10.9 Å². The molecule has 0 spiro atoms. The minimum Gasteiger partial charge on any atom is -0.481 e. The van der Waals surface area contributed by atoms with Crippen molar-refractivity contribution in [3.63, 3.8) is 0 Å². The Bertz CT molecular complexity index is 1010. The highest BCUT2D eigenvalue weighted by Crippen LogP contribution is 2.34.